The van der Waals surface area contributed by atoms with E-state index in [1.165, 1.54) is 12.8 Å². The van der Waals surface area contributed by atoms with Gasteiger partial charge in [-0.2, -0.15) is 0 Å². The topological polar surface area (TPSA) is 63.8 Å². The molecule has 0 saturated heterocycles. The van der Waals surface area contributed by atoms with Crippen molar-refractivity contribution >= 4 is 16.5 Å². The van der Waals surface area contributed by atoms with E-state index >= 15 is 0 Å². The second-order valence-electron chi connectivity index (χ2n) is 5.44. The third kappa shape index (κ3) is 3.35. The first-order valence-electron chi connectivity index (χ1n) is 7.16. The number of rotatable bonds is 4. The second kappa shape index (κ2) is 6.33. The lowest BCUT2D eigenvalue weighted by atomic mass is 9.86. The molecule has 5 heteroatoms. The molecule has 0 aliphatic heterocycles. The maximum absolute atomic E-state index is 5.94. The van der Waals surface area contributed by atoms with Gasteiger partial charge in [0.15, 0.2) is 5.13 Å². The van der Waals surface area contributed by atoms with E-state index in [1.54, 1.807) is 23.7 Å². The summed E-state index contributed by atoms with van der Waals surface area (Å²) in [6.07, 6.45) is 8.38. The molecule has 0 radical (unpaired) electrons. The maximum atomic E-state index is 5.94. The summed E-state index contributed by atoms with van der Waals surface area (Å²) in [5.74, 6) is 0.739. The molecule has 20 heavy (non-hydrogen) atoms. The Morgan fingerprint density at radius 2 is 1.95 bits per heavy atom. The lowest BCUT2D eigenvalue weighted by Crippen LogP contribution is -2.29. The van der Waals surface area contributed by atoms with Crippen molar-refractivity contribution in [2.75, 3.05) is 11.9 Å². The van der Waals surface area contributed by atoms with Crippen molar-refractivity contribution in [3.05, 3.63) is 29.9 Å². The van der Waals surface area contributed by atoms with Gasteiger partial charge in [-0.1, -0.05) is 0 Å². The molecule has 0 aromatic carbocycles. The van der Waals surface area contributed by atoms with Gasteiger partial charge < -0.3 is 11.1 Å². The summed E-state index contributed by atoms with van der Waals surface area (Å²) in [4.78, 5) is 8.67. The quantitative estimate of drug-likeness (QED) is 0.907. The van der Waals surface area contributed by atoms with Crippen molar-refractivity contribution in [2.45, 2.75) is 31.7 Å². The molecule has 4 nitrogen and oxygen atoms in total. The van der Waals surface area contributed by atoms with Gasteiger partial charge in [0.2, 0.25) is 0 Å². The zero-order valence-corrected chi connectivity index (χ0v) is 12.3. The Morgan fingerprint density at radius 1 is 1.20 bits per heavy atom. The van der Waals surface area contributed by atoms with Gasteiger partial charge in [0.1, 0.15) is 0 Å². The van der Waals surface area contributed by atoms with E-state index in [1.807, 2.05) is 12.1 Å². The molecule has 3 rings (SSSR count). The van der Waals surface area contributed by atoms with Crippen molar-refractivity contribution in [3.8, 4) is 11.3 Å². The zero-order valence-electron chi connectivity index (χ0n) is 11.5. The molecule has 0 bridgehead atoms. The SMILES string of the molecule is NC1CCC(CNc2nc(-c3ccncc3)cs2)CC1. The van der Waals surface area contributed by atoms with E-state index in [0.29, 0.717) is 6.04 Å². The molecule has 0 spiro atoms. The highest BCUT2D eigenvalue weighted by atomic mass is 32.1. The van der Waals surface area contributed by atoms with Crippen molar-refractivity contribution in [1.29, 1.82) is 0 Å². The molecule has 0 amide bonds. The van der Waals surface area contributed by atoms with Crippen LogP contribution < -0.4 is 11.1 Å². The van der Waals surface area contributed by atoms with Crippen LogP contribution in [-0.4, -0.2) is 22.6 Å². The van der Waals surface area contributed by atoms with Crippen molar-refractivity contribution in [3.63, 3.8) is 0 Å². The number of pyridine rings is 1. The van der Waals surface area contributed by atoms with E-state index in [4.69, 9.17) is 5.73 Å². The summed E-state index contributed by atoms with van der Waals surface area (Å²) in [5.41, 5.74) is 8.07. The molecule has 0 unspecified atom stereocenters. The van der Waals surface area contributed by atoms with Gasteiger partial charge in [-0.15, -0.1) is 11.3 Å². The fourth-order valence-electron chi connectivity index (χ4n) is 2.63. The summed E-state index contributed by atoms with van der Waals surface area (Å²) in [5, 5.41) is 6.57. The number of nitrogens with one attached hydrogen (secondary N) is 1. The van der Waals surface area contributed by atoms with Gasteiger partial charge in [0.25, 0.3) is 0 Å². The fraction of sp³-hybridized carbons (Fsp3) is 0.467. The maximum Gasteiger partial charge on any atom is 0.183 e. The number of nitrogens with two attached hydrogens (primary N) is 1. The van der Waals surface area contributed by atoms with E-state index in [9.17, 15) is 0 Å². The van der Waals surface area contributed by atoms with E-state index in [-0.39, 0.29) is 0 Å². The molecule has 3 N–H and O–H groups in total. The molecule has 1 aliphatic carbocycles. The molecule has 0 atom stereocenters. The fourth-order valence-corrected chi connectivity index (χ4v) is 3.36. The molecule has 2 heterocycles. The predicted octanol–water partition coefficient (Wildman–Crippen LogP) is 3.13. The van der Waals surface area contributed by atoms with Crippen LogP contribution in [0.3, 0.4) is 0 Å². The normalized spacial score (nSPS) is 22.6. The molecule has 2 aromatic rings. The number of nitrogens with zero attached hydrogens (tertiary/aromatic N) is 2. The first-order valence-corrected chi connectivity index (χ1v) is 8.04. The van der Waals surface area contributed by atoms with Crippen molar-refractivity contribution < 1.29 is 0 Å². The van der Waals surface area contributed by atoms with E-state index < -0.39 is 0 Å². The molecular weight excluding hydrogens is 268 g/mol. The van der Waals surface area contributed by atoms with Gasteiger partial charge >= 0.3 is 0 Å². The Hall–Kier alpha value is -1.46. The lowest BCUT2D eigenvalue weighted by molar-refractivity contribution is 0.339. The molecule has 1 aliphatic rings. The van der Waals surface area contributed by atoms with Gasteiger partial charge in [0, 0.05) is 35.9 Å². The van der Waals surface area contributed by atoms with Crippen molar-refractivity contribution in [1.82, 2.24) is 9.97 Å². The summed E-state index contributed by atoms with van der Waals surface area (Å²) >= 11 is 1.67. The van der Waals surface area contributed by atoms with E-state index in [2.05, 4.69) is 20.7 Å². The van der Waals surface area contributed by atoms with Crippen LogP contribution in [0.4, 0.5) is 5.13 Å². The minimum absolute atomic E-state index is 0.421. The highest BCUT2D eigenvalue weighted by Gasteiger charge is 2.18. The van der Waals surface area contributed by atoms with Gasteiger partial charge in [0.05, 0.1) is 5.69 Å². The lowest BCUT2D eigenvalue weighted by Gasteiger charge is -2.25. The van der Waals surface area contributed by atoms with Gasteiger partial charge in [-0.05, 0) is 43.7 Å². The summed E-state index contributed by atoms with van der Waals surface area (Å²) in [7, 11) is 0. The molecule has 106 valence electrons. The summed E-state index contributed by atoms with van der Waals surface area (Å²) in [6.45, 7) is 1.01. The highest BCUT2D eigenvalue weighted by Crippen LogP contribution is 2.27. The Labute approximate surface area is 123 Å². The van der Waals surface area contributed by atoms with Crippen LogP contribution in [0.2, 0.25) is 0 Å². The minimum Gasteiger partial charge on any atom is -0.361 e. The largest absolute Gasteiger partial charge is 0.361 e. The monoisotopic (exact) mass is 288 g/mol. The average molecular weight is 288 g/mol. The number of aromatic nitrogens is 2. The summed E-state index contributed by atoms with van der Waals surface area (Å²) in [6, 6.07) is 4.40. The first kappa shape index (κ1) is 13.5. The van der Waals surface area contributed by atoms with Crippen LogP contribution in [-0.2, 0) is 0 Å². The van der Waals surface area contributed by atoms with Gasteiger partial charge in [-0.25, -0.2) is 4.98 Å². The Bertz CT molecular complexity index is 532. The highest BCUT2D eigenvalue weighted by molar-refractivity contribution is 7.14. The molecule has 1 saturated carbocycles. The van der Waals surface area contributed by atoms with Crippen LogP contribution >= 0.6 is 11.3 Å². The standard InChI is InChI=1S/C15H20N4S/c16-13-3-1-11(2-4-13)9-18-15-19-14(10-20-15)12-5-7-17-8-6-12/h5-8,10-11,13H,1-4,9,16H2,(H,18,19). The third-order valence-electron chi connectivity index (χ3n) is 3.91. The number of hydrogen-bond acceptors (Lipinski definition) is 5. The summed E-state index contributed by atoms with van der Waals surface area (Å²) < 4.78 is 0. The van der Waals surface area contributed by atoms with Crippen LogP contribution in [0.1, 0.15) is 25.7 Å². The average Bonchev–Trinajstić information content (AvgIpc) is 2.97. The Balaban J connectivity index is 1.55. The third-order valence-corrected chi connectivity index (χ3v) is 4.71. The first-order chi connectivity index (χ1) is 9.81. The number of anilines is 1. The molecular formula is C15H20N4S. The number of hydrogen-bond donors (Lipinski definition) is 2. The van der Waals surface area contributed by atoms with Crippen molar-refractivity contribution in [2.24, 2.45) is 11.7 Å². The van der Waals surface area contributed by atoms with Crippen LogP contribution in [0.15, 0.2) is 29.9 Å². The second-order valence-corrected chi connectivity index (χ2v) is 6.29. The van der Waals surface area contributed by atoms with Crippen LogP contribution in [0.5, 0.6) is 0 Å². The molecule has 1 fully saturated rings. The Kier molecular flexibility index (Phi) is 4.28. The van der Waals surface area contributed by atoms with Gasteiger partial charge in [-0.3, -0.25) is 4.98 Å². The van der Waals surface area contributed by atoms with Crippen LogP contribution in [0, 0.1) is 5.92 Å². The molecule has 2 aromatic heterocycles. The zero-order chi connectivity index (χ0) is 13.8. The van der Waals surface area contributed by atoms with E-state index in [0.717, 1.165) is 41.7 Å². The minimum atomic E-state index is 0.421. The van der Waals surface area contributed by atoms with Crippen LogP contribution in [0.25, 0.3) is 11.3 Å². The Morgan fingerprint density at radius 3 is 2.70 bits per heavy atom. The number of thiazole rings is 1. The smallest absolute Gasteiger partial charge is 0.183 e. The predicted molar refractivity (Wildman–Crippen MR) is 83.8 cm³/mol.